The van der Waals surface area contributed by atoms with Gasteiger partial charge >= 0.3 is 0 Å². The van der Waals surface area contributed by atoms with Crippen LogP contribution in [-0.2, 0) is 16.4 Å². The van der Waals surface area contributed by atoms with Crippen LogP contribution in [0.15, 0.2) is 29.2 Å². The van der Waals surface area contributed by atoms with Crippen molar-refractivity contribution < 1.29 is 8.42 Å². The lowest BCUT2D eigenvalue weighted by Crippen LogP contribution is -2.39. The molecule has 4 nitrogen and oxygen atoms in total. The first-order valence-electron chi connectivity index (χ1n) is 6.61. The molecule has 0 radical (unpaired) electrons. The number of benzene rings is 1. The SMILES string of the molecule is CN(Cc1ccc(S(C)(=O)=O)cc1)C(CN)C1CC1. The van der Waals surface area contributed by atoms with Gasteiger partial charge in [0.25, 0.3) is 0 Å². The van der Waals surface area contributed by atoms with E-state index in [0.29, 0.717) is 17.5 Å². The number of sulfone groups is 1. The molecule has 0 bridgehead atoms. The molecule has 0 heterocycles. The summed E-state index contributed by atoms with van der Waals surface area (Å²) < 4.78 is 22.8. The first-order chi connectivity index (χ1) is 8.91. The quantitative estimate of drug-likeness (QED) is 0.853. The fraction of sp³-hybridized carbons (Fsp3) is 0.571. The molecular weight excluding hydrogens is 260 g/mol. The summed E-state index contributed by atoms with van der Waals surface area (Å²) in [4.78, 5) is 2.64. The largest absolute Gasteiger partial charge is 0.329 e. The Morgan fingerprint density at radius 3 is 2.32 bits per heavy atom. The van der Waals surface area contributed by atoms with Gasteiger partial charge < -0.3 is 5.73 Å². The van der Waals surface area contributed by atoms with Gasteiger partial charge in [-0.25, -0.2) is 8.42 Å². The van der Waals surface area contributed by atoms with Crippen LogP contribution in [0.3, 0.4) is 0 Å². The van der Waals surface area contributed by atoms with Crippen LogP contribution in [0.2, 0.25) is 0 Å². The van der Waals surface area contributed by atoms with E-state index in [1.54, 1.807) is 12.1 Å². The molecule has 0 amide bonds. The van der Waals surface area contributed by atoms with Crippen molar-refractivity contribution in [3.63, 3.8) is 0 Å². The van der Waals surface area contributed by atoms with E-state index in [2.05, 4.69) is 11.9 Å². The van der Waals surface area contributed by atoms with Crippen LogP contribution in [-0.4, -0.2) is 39.2 Å². The van der Waals surface area contributed by atoms with Gasteiger partial charge in [-0.15, -0.1) is 0 Å². The Morgan fingerprint density at radius 2 is 1.89 bits per heavy atom. The Balaban J connectivity index is 2.02. The highest BCUT2D eigenvalue weighted by atomic mass is 32.2. The van der Waals surface area contributed by atoms with E-state index in [1.165, 1.54) is 19.1 Å². The summed E-state index contributed by atoms with van der Waals surface area (Å²) >= 11 is 0. The van der Waals surface area contributed by atoms with Crippen LogP contribution in [0.4, 0.5) is 0 Å². The molecule has 0 aromatic heterocycles. The van der Waals surface area contributed by atoms with Crippen molar-refractivity contribution in [1.29, 1.82) is 0 Å². The number of nitrogens with zero attached hydrogens (tertiary/aromatic N) is 1. The van der Waals surface area contributed by atoms with Gasteiger partial charge in [-0.2, -0.15) is 0 Å². The maximum Gasteiger partial charge on any atom is 0.175 e. The molecule has 19 heavy (non-hydrogen) atoms. The van der Waals surface area contributed by atoms with Crippen molar-refractivity contribution >= 4 is 9.84 Å². The Labute approximate surface area is 115 Å². The topological polar surface area (TPSA) is 63.4 Å². The lowest BCUT2D eigenvalue weighted by molar-refractivity contribution is 0.215. The average Bonchev–Trinajstić information content (AvgIpc) is 3.14. The van der Waals surface area contributed by atoms with Crippen molar-refractivity contribution in [2.45, 2.75) is 30.3 Å². The summed E-state index contributed by atoms with van der Waals surface area (Å²) in [5.41, 5.74) is 6.95. The Hall–Kier alpha value is -0.910. The molecule has 1 fully saturated rings. The van der Waals surface area contributed by atoms with Gasteiger partial charge in [0.15, 0.2) is 9.84 Å². The van der Waals surface area contributed by atoms with Crippen molar-refractivity contribution in [1.82, 2.24) is 4.90 Å². The van der Waals surface area contributed by atoms with E-state index in [4.69, 9.17) is 5.73 Å². The second-order valence-corrected chi connectivity index (χ2v) is 7.49. The Morgan fingerprint density at radius 1 is 1.32 bits per heavy atom. The standard InChI is InChI=1S/C14H22N2O2S/c1-16(14(9-15)12-5-6-12)10-11-3-7-13(8-4-11)19(2,17)18/h3-4,7-8,12,14H,5-6,9-10,15H2,1-2H3. The summed E-state index contributed by atoms with van der Waals surface area (Å²) in [6.07, 6.45) is 3.78. The molecule has 5 heteroatoms. The molecule has 2 rings (SSSR count). The highest BCUT2D eigenvalue weighted by Crippen LogP contribution is 2.34. The fourth-order valence-corrected chi connectivity index (χ4v) is 3.09. The average molecular weight is 282 g/mol. The lowest BCUT2D eigenvalue weighted by atomic mass is 10.1. The predicted molar refractivity (Wildman–Crippen MR) is 76.6 cm³/mol. The number of hydrogen-bond acceptors (Lipinski definition) is 4. The summed E-state index contributed by atoms with van der Waals surface area (Å²) in [5, 5.41) is 0. The Kier molecular flexibility index (Phi) is 4.28. The summed E-state index contributed by atoms with van der Waals surface area (Å²) in [5.74, 6) is 0.741. The summed E-state index contributed by atoms with van der Waals surface area (Å²) in [6, 6.07) is 7.55. The maximum atomic E-state index is 11.4. The maximum absolute atomic E-state index is 11.4. The minimum atomic E-state index is -3.11. The molecule has 1 aliphatic carbocycles. The van der Waals surface area contributed by atoms with Crippen molar-refractivity contribution in [2.75, 3.05) is 19.8 Å². The molecule has 1 aliphatic rings. The molecule has 1 unspecified atom stereocenters. The van der Waals surface area contributed by atoms with Gasteiger partial charge in [0.1, 0.15) is 0 Å². The van der Waals surface area contributed by atoms with E-state index in [1.807, 2.05) is 12.1 Å². The molecule has 1 aromatic carbocycles. The zero-order valence-corrected chi connectivity index (χ0v) is 12.4. The highest BCUT2D eigenvalue weighted by molar-refractivity contribution is 7.90. The molecule has 0 spiro atoms. The molecular formula is C14H22N2O2S. The third kappa shape index (κ3) is 3.78. The van der Waals surface area contributed by atoms with Crippen LogP contribution in [0.25, 0.3) is 0 Å². The molecule has 2 N–H and O–H groups in total. The van der Waals surface area contributed by atoms with Gasteiger partial charge in [0, 0.05) is 25.4 Å². The number of nitrogens with two attached hydrogens (primary N) is 1. The molecule has 0 aliphatic heterocycles. The van der Waals surface area contributed by atoms with E-state index in [-0.39, 0.29) is 0 Å². The smallest absolute Gasteiger partial charge is 0.175 e. The summed E-state index contributed by atoms with van der Waals surface area (Å²) in [6.45, 7) is 1.49. The van der Waals surface area contributed by atoms with Crippen LogP contribution in [0.1, 0.15) is 18.4 Å². The minimum absolute atomic E-state index is 0.372. The molecule has 106 valence electrons. The predicted octanol–water partition coefficient (Wildman–Crippen LogP) is 1.26. The van der Waals surface area contributed by atoms with E-state index >= 15 is 0 Å². The molecule has 1 saturated carbocycles. The second-order valence-electron chi connectivity index (χ2n) is 5.47. The van der Waals surface area contributed by atoms with E-state index in [9.17, 15) is 8.42 Å². The van der Waals surface area contributed by atoms with Gasteiger partial charge in [-0.3, -0.25) is 4.90 Å². The lowest BCUT2D eigenvalue weighted by Gasteiger charge is -2.27. The first-order valence-corrected chi connectivity index (χ1v) is 8.50. The summed E-state index contributed by atoms with van der Waals surface area (Å²) in [7, 11) is -1.02. The molecule has 1 atom stereocenters. The van der Waals surface area contributed by atoms with E-state index < -0.39 is 9.84 Å². The highest BCUT2D eigenvalue weighted by Gasteiger charge is 2.32. The zero-order chi connectivity index (χ0) is 14.0. The number of rotatable bonds is 6. The van der Waals surface area contributed by atoms with Gasteiger partial charge in [0.2, 0.25) is 0 Å². The third-order valence-corrected chi connectivity index (χ3v) is 4.89. The zero-order valence-electron chi connectivity index (χ0n) is 11.5. The van der Waals surface area contributed by atoms with Crippen LogP contribution >= 0.6 is 0 Å². The van der Waals surface area contributed by atoms with Crippen LogP contribution in [0.5, 0.6) is 0 Å². The number of likely N-dealkylation sites (N-methyl/N-ethyl adjacent to an activating group) is 1. The first kappa shape index (κ1) is 14.5. The van der Waals surface area contributed by atoms with E-state index in [0.717, 1.165) is 18.0 Å². The normalized spacial score (nSPS) is 17.7. The van der Waals surface area contributed by atoms with Gasteiger partial charge in [-0.1, -0.05) is 12.1 Å². The second kappa shape index (κ2) is 5.61. The Bertz CT molecular complexity index is 521. The van der Waals surface area contributed by atoms with Crippen molar-refractivity contribution in [3.05, 3.63) is 29.8 Å². The third-order valence-electron chi connectivity index (χ3n) is 3.76. The van der Waals surface area contributed by atoms with Crippen LogP contribution < -0.4 is 5.73 Å². The van der Waals surface area contributed by atoms with Gasteiger partial charge in [-0.05, 0) is 43.5 Å². The van der Waals surface area contributed by atoms with Crippen molar-refractivity contribution in [3.8, 4) is 0 Å². The van der Waals surface area contributed by atoms with Crippen molar-refractivity contribution in [2.24, 2.45) is 11.7 Å². The minimum Gasteiger partial charge on any atom is -0.329 e. The fourth-order valence-electron chi connectivity index (χ4n) is 2.46. The number of hydrogen-bond donors (Lipinski definition) is 1. The van der Waals surface area contributed by atoms with Crippen LogP contribution in [0, 0.1) is 5.92 Å². The molecule has 1 aromatic rings. The molecule has 0 saturated heterocycles. The monoisotopic (exact) mass is 282 g/mol. The van der Waals surface area contributed by atoms with Gasteiger partial charge in [0.05, 0.1) is 4.90 Å².